The third kappa shape index (κ3) is 4.25. The molecule has 0 aliphatic rings. The number of likely N-dealkylation sites (N-methyl/N-ethyl adjacent to an activating group) is 1. The standard InChI is InChI=1S/C12H12FNO4/c1-14-11(15)7-18-10-4-2-8(6-9(10)13)3-5-12(16)17/h2-6H,7H2,1H3,(H,14,15)(H,16,17)/b5-3+. The highest BCUT2D eigenvalue weighted by atomic mass is 19.1. The van der Waals surface area contributed by atoms with Gasteiger partial charge in [-0.2, -0.15) is 0 Å². The Balaban J connectivity index is 2.73. The topological polar surface area (TPSA) is 75.6 Å². The molecule has 0 heterocycles. The first-order valence-corrected chi connectivity index (χ1v) is 5.07. The molecule has 6 heteroatoms. The molecule has 0 radical (unpaired) electrons. The summed E-state index contributed by atoms with van der Waals surface area (Å²) in [6.07, 6.45) is 2.16. The van der Waals surface area contributed by atoms with Crippen molar-refractivity contribution in [3.05, 3.63) is 35.7 Å². The van der Waals surface area contributed by atoms with Gasteiger partial charge in [-0.15, -0.1) is 0 Å². The highest BCUT2D eigenvalue weighted by Gasteiger charge is 2.06. The van der Waals surface area contributed by atoms with Crippen LogP contribution in [0, 0.1) is 5.82 Å². The fraction of sp³-hybridized carbons (Fsp3) is 0.167. The van der Waals surface area contributed by atoms with Gasteiger partial charge >= 0.3 is 5.97 Å². The van der Waals surface area contributed by atoms with E-state index in [0.29, 0.717) is 5.56 Å². The van der Waals surface area contributed by atoms with Crippen LogP contribution < -0.4 is 10.1 Å². The summed E-state index contributed by atoms with van der Waals surface area (Å²) in [5.74, 6) is -2.21. The lowest BCUT2D eigenvalue weighted by molar-refractivity contribution is -0.131. The molecule has 0 aliphatic carbocycles. The summed E-state index contributed by atoms with van der Waals surface area (Å²) in [5, 5.41) is 10.8. The Labute approximate surface area is 103 Å². The average Bonchev–Trinajstić information content (AvgIpc) is 2.34. The molecule has 0 fully saturated rings. The molecule has 0 aliphatic heterocycles. The van der Waals surface area contributed by atoms with Crippen LogP contribution in [0.2, 0.25) is 0 Å². The third-order valence-electron chi connectivity index (χ3n) is 2.01. The number of rotatable bonds is 5. The van der Waals surface area contributed by atoms with Gasteiger partial charge in [0.15, 0.2) is 18.2 Å². The first kappa shape index (κ1) is 13.7. The van der Waals surface area contributed by atoms with Crippen LogP contribution >= 0.6 is 0 Å². The molecular formula is C12H12FNO4. The maximum Gasteiger partial charge on any atom is 0.328 e. The Bertz CT molecular complexity index is 485. The summed E-state index contributed by atoms with van der Waals surface area (Å²) in [5.41, 5.74) is 0.391. The zero-order valence-corrected chi connectivity index (χ0v) is 9.64. The van der Waals surface area contributed by atoms with Crippen molar-refractivity contribution in [1.29, 1.82) is 0 Å². The molecule has 0 unspecified atom stereocenters. The van der Waals surface area contributed by atoms with Crippen LogP contribution in [0.3, 0.4) is 0 Å². The van der Waals surface area contributed by atoms with E-state index in [0.717, 1.165) is 12.1 Å². The molecule has 0 atom stereocenters. The van der Waals surface area contributed by atoms with E-state index in [2.05, 4.69) is 5.32 Å². The van der Waals surface area contributed by atoms with Crippen molar-refractivity contribution in [3.63, 3.8) is 0 Å². The van der Waals surface area contributed by atoms with Gasteiger partial charge in [-0.3, -0.25) is 4.79 Å². The van der Waals surface area contributed by atoms with E-state index in [-0.39, 0.29) is 18.3 Å². The van der Waals surface area contributed by atoms with E-state index >= 15 is 0 Å². The molecule has 2 N–H and O–H groups in total. The van der Waals surface area contributed by atoms with Crippen LogP contribution in [0.1, 0.15) is 5.56 Å². The molecule has 0 bridgehead atoms. The second-order valence-corrected chi connectivity index (χ2v) is 3.32. The monoisotopic (exact) mass is 253 g/mol. The quantitative estimate of drug-likeness (QED) is 0.769. The number of hydrogen-bond acceptors (Lipinski definition) is 3. The normalized spacial score (nSPS) is 10.3. The van der Waals surface area contributed by atoms with Crippen LogP contribution in [-0.4, -0.2) is 30.6 Å². The minimum absolute atomic E-state index is 0.0638. The second-order valence-electron chi connectivity index (χ2n) is 3.32. The predicted octanol–water partition coefficient (Wildman–Crippen LogP) is 1.05. The maximum atomic E-state index is 13.5. The van der Waals surface area contributed by atoms with Crippen molar-refractivity contribution < 1.29 is 23.8 Å². The Kier molecular flexibility index (Phi) is 4.86. The Morgan fingerprint density at radius 2 is 2.22 bits per heavy atom. The number of ether oxygens (including phenoxy) is 1. The van der Waals surface area contributed by atoms with Gasteiger partial charge in [0, 0.05) is 13.1 Å². The number of amides is 1. The molecule has 1 amide bonds. The van der Waals surface area contributed by atoms with Gasteiger partial charge in [-0.1, -0.05) is 6.07 Å². The number of hydrogen-bond donors (Lipinski definition) is 2. The summed E-state index contributed by atoms with van der Waals surface area (Å²) in [6.45, 7) is -0.280. The molecule has 5 nitrogen and oxygen atoms in total. The average molecular weight is 253 g/mol. The van der Waals surface area contributed by atoms with Crippen LogP contribution in [0.15, 0.2) is 24.3 Å². The number of halogens is 1. The number of carbonyl (C=O) groups excluding carboxylic acids is 1. The van der Waals surface area contributed by atoms with Crippen molar-refractivity contribution in [3.8, 4) is 5.75 Å². The fourth-order valence-electron chi connectivity index (χ4n) is 1.12. The minimum Gasteiger partial charge on any atom is -0.481 e. The fourth-order valence-corrected chi connectivity index (χ4v) is 1.12. The van der Waals surface area contributed by atoms with E-state index < -0.39 is 11.8 Å². The van der Waals surface area contributed by atoms with E-state index in [1.54, 1.807) is 0 Å². The number of nitrogens with one attached hydrogen (secondary N) is 1. The molecule has 0 spiro atoms. The first-order valence-electron chi connectivity index (χ1n) is 5.07. The van der Waals surface area contributed by atoms with Crippen molar-refractivity contribution in [2.45, 2.75) is 0 Å². The van der Waals surface area contributed by atoms with Gasteiger partial charge in [-0.05, 0) is 23.8 Å². The predicted molar refractivity (Wildman–Crippen MR) is 62.6 cm³/mol. The van der Waals surface area contributed by atoms with Crippen molar-refractivity contribution in [1.82, 2.24) is 5.32 Å². The summed E-state index contributed by atoms with van der Waals surface area (Å²) >= 11 is 0. The smallest absolute Gasteiger partial charge is 0.328 e. The van der Waals surface area contributed by atoms with Gasteiger partial charge in [-0.25, -0.2) is 9.18 Å². The van der Waals surface area contributed by atoms with Gasteiger partial charge < -0.3 is 15.2 Å². The number of aliphatic carboxylic acids is 1. The van der Waals surface area contributed by atoms with Gasteiger partial charge in [0.1, 0.15) is 0 Å². The van der Waals surface area contributed by atoms with Crippen molar-refractivity contribution in [2.24, 2.45) is 0 Å². The van der Waals surface area contributed by atoms with Crippen LogP contribution in [-0.2, 0) is 9.59 Å². The zero-order valence-electron chi connectivity index (χ0n) is 9.64. The van der Waals surface area contributed by atoms with Crippen molar-refractivity contribution in [2.75, 3.05) is 13.7 Å². The van der Waals surface area contributed by atoms with Crippen molar-refractivity contribution >= 4 is 18.0 Å². The van der Waals surface area contributed by atoms with Crippen LogP contribution in [0.25, 0.3) is 6.08 Å². The lowest BCUT2D eigenvalue weighted by atomic mass is 10.2. The summed E-state index contributed by atoms with van der Waals surface area (Å²) in [7, 11) is 1.45. The van der Waals surface area contributed by atoms with E-state index in [1.807, 2.05) is 0 Å². The SMILES string of the molecule is CNC(=O)COc1ccc(/C=C/C(=O)O)cc1F. The largest absolute Gasteiger partial charge is 0.481 e. The molecule has 18 heavy (non-hydrogen) atoms. The number of benzene rings is 1. The molecule has 1 rings (SSSR count). The molecular weight excluding hydrogens is 241 g/mol. The third-order valence-corrected chi connectivity index (χ3v) is 2.01. The maximum absolute atomic E-state index is 13.5. The lowest BCUT2D eigenvalue weighted by Gasteiger charge is -2.06. The second kappa shape index (κ2) is 6.39. The minimum atomic E-state index is -1.12. The van der Waals surface area contributed by atoms with E-state index in [1.165, 1.54) is 25.3 Å². The molecule has 0 saturated heterocycles. The van der Waals surface area contributed by atoms with E-state index in [9.17, 15) is 14.0 Å². The molecule has 1 aromatic rings. The Morgan fingerprint density at radius 3 is 2.78 bits per heavy atom. The summed E-state index contributed by atoms with van der Waals surface area (Å²) < 4.78 is 18.4. The molecule has 0 aromatic heterocycles. The lowest BCUT2D eigenvalue weighted by Crippen LogP contribution is -2.25. The number of carbonyl (C=O) groups is 2. The molecule has 1 aromatic carbocycles. The Morgan fingerprint density at radius 1 is 1.50 bits per heavy atom. The zero-order chi connectivity index (χ0) is 13.5. The van der Waals surface area contributed by atoms with Crippen LogP contribution in [0.4, 0.5) is 4.39 Å². The molecule has 96 valence electrons. The summed E-state index contributed by atoms with van der Waals surface area (Å²) in [6, 6.07) is 3.94. The Hall–Kier alpha value is -2.37. The number of carboxylic acid groups (broad SMARTS) is 1. The first-order chi connectivity index (χ1) is 8.52. The molecule has 0 saturated carbocycles. The van der Waals surface area contributed by atoms with Gasteiger partial charge in [0.05, 0.1) is 0 Å². The van der Waals surface area contributed by atoms with Crippen LogP contribution in [0.5, 0.6) is 5.75 Å². The van der Waals surface area contributed by atoms with Gasteiger partial charge in [0.2, 0.25) is 0 Å². The van der Waals surface area contributed by atoms with E-state index in [4.69, 9.17) is 9.84 Å². The highest BCUT2D eigenvalue weighted by molar-refractivity contribution is 5.85. The summed E-state index contributed by atoms with van der Waals surface area (Å²) in [4.78, 5) is 21.2. The van der Waals surface area contributed by atoms with Gasteiger partial charge in [0.25, 0.3) is 5.91 Å². The number of carboxylic acids is 1. The highest BCUT2D eigenvalue weighted by Crippen LogP contribution is 2.19.